The van der Waals surface area contributed by atoms with Gasteiger partial charge in [-0.05, 0) is 43.7 Å². The molecule has 7 nitrogen and oxygen atoms in total. The predicted octanol–water partition coefficient (Wildman–Crippen LogP) is 2.16. The van der Waals surface area contributed by atoms with Gasteiger partial charge in [-0.15, -0.1) is 0 Å². The van der Waals surface area contributed by atoms with E-state index >= 15 is 0 Å². The van der Waals surface area contributed by atoms with Crippen LogP contribution in [0.5, 0.6) is 0 Å². The zero-order valence-corrected chi connectivity index (χ0v) is 13.4. The van der Waals surface area contributed by atoms with Crippen LogP contribution < -0.4 is 0 Å². The second-order valence-corrected chi connectivity index (χ2v) is 6.73. The highest BCUT2D eigenvalue weighted by Gasteiger charge is 2.47. The van der Waals surface area contributed by atoms with Crippen molar-refractivity contribution in [1.29, 1.82) is 0 Å². The van der Waals surface area contributed by atoms with Crippen LogP contribution >= 0.6 is 0 Å². The first-order valence-corrected chi connectivity index (χ1v) is 8.17. The summed E-state index contributed by atoms with van der Waals surface area (Å²) in [7, 11) is 0. The van der Waals surface area contributed by atoms with E-state index in [4.69, 9.17) is 4.42 Å². The molecule has 7 heteroatoms. The van der Waals surface area contributed by atoms with Crippen LogP contribution in [0, 0.1) is 24.7 Å². The molecule has 1 amide bonds. The fourth-order valence-corrected chi connectivity index (χ4v) is 3.56. The van der Waals surface area contributed by atoms with E-state index in [-0.39, 0.29) is 18.4 Å². The van der Waals surface area contributed by atoms with Gasteiger partial charge in [0.2, 0.25) is 0 Å². The zero-order chi connectivity index (χ0) is 16.8. The molecular weight excluding hydrogens is 310 g/mol. The second-order valence-electron chi connectivity index (χ2n) is 6.73. The Hall–Kier alpha value is -2.57. The minimum absolute atomic E-state index is 0.0672. The Morgan fingerprint density at radius 1 is 1.33 bits per heavy atom. The Kier molecular flexibility index (Phi) is 3.44. The fourth-order valence-electron chi connectivity index (χ4n) is 3.56. The number of aliphatic carboxylic acids is 1. The first-order valence-electron chi connectivity index (χ1n) is 8.17. The SMILES string of the molecule is Cc1ccc(-c2cc(C(=O)N3C[C@H](C(=O)O)[C@@H](C4CC4)C3)n[nH]2)o1. The summed E-state index contributed by atoms with van der Waals surface area (Å²) in [6.45, 7) is 2.61. The third-order valence-corrected chi connectivity index (χ3v) is 5.00. The number of furan rings is 1. The van der Waals surface area contributed by atoms with Crippen LogP contribution in [0.4, 0.5) is 0 Å². The standard InChI is InChI=1S/C17H19N3O4/c1-9-2-5-15(24-9)13-6-14(19-18-13)16(21)20-7-11(10-3-4-10)12(8-20)17(22)23/h2,5-6,10-12H,3-4,7-8H2,1H3,(H,18,19)(H,22,23)/t11-,12+/m1/s1. The zero-order valence-electron chi connectivity index (χ0n) is 13.4. The molecule has 0 spiro atoms. The van der Waals surface area contributed by atoms with Gasteiger partial charge in [0.1, 0.15) is 11.5 Å². The van der Waals surface area contributed by atoms with Gasteiger partial charge in [-0.25, -0.2) is 0 Å². The van der Waals surface area contributed by atoms with Crippen molar-refractivity contribution in [2.75, 3.05) is 13.1 Å². The van der Waals surface area contributed by atoms with E-state index in [0.717, 1.165) is 18.6 Å². The van der Waals surface area contributed by atoms with Gasteiger partial charge in [0.15, 0.2) is 11.5 Å². The molecule has 0 radical (unpaired) electrons. The molecule has 0 unspecified atom stereocenters. The average Bonchev–Trinajstić information content (AvgIpc) is 2.99. The molecule has 2 aromatic heterocycles. The van der Waals surface area contributed by atoms with Crippen molar-refractivity contribution < 1.29 is 19.1 Å². The molecule has 3 heterocycles. The van der Waals surface area contributed by atoms with Gasteiger partial charge < -0.3 is 14.4 Å². The topological polar surface area (TPSA) is 99.4 Å². The van der Waals surface area contributed by atoms with Gasteiger partial charge in [-0.2, -0.15) is 5.10 Å². The first-order chi connectivity index (χ1) is 11.5. The van der Waals surface area contributed by atoms with Gasteiger partial charge in [-0.1, -0.05) is 0 Å². The van der Waals surface area contributed by atoms with E-state index in [1.165, 1.54) is 0 Å². The van der Waals surface area contributed by atoms with Crippen molar-refractivity contribution >= 4 is 11.9 Å². The largest absolute Gasteiger partial charge is 0.481 e. The highest BCUT2D eigenvalue weighted by atomic mass is 16.4. The van der Waals surface area contributed by atoms with Crippen molar-refractivity contribution in [3.8, 4) is 11.5 Å². The Labute approximate surface area is 138 Å². The van der Waals surface area contributed by atoms with Crippen molar-refractivity contribution in [2.24, 2.45) is 17.8 Å². The van der Waals surface area contributed by atoms with Crippen LogP contribution in [-0.4, -0.2) is 45.2 Å². The van der Waals surface area contributed by atoms with Crippen LogP contribution in [0.25, 0.3) is 11.5 Å². The molecule has 1 saturated heterocycles. The van der Waals surface area contributed by atoms with Crippen LogP contribution in [0.2, 0.25) is 0 Å². The number of hydrogen-bond acceptors (Lipinski definition) is 4. The molecule has 1 aliphatic heterocycles. The van der Waals surface area contributed by atoms with Crippen molar-refractivity contribution in [2.45, 2.75) is 19.8 Å². The number of nitrogens with zero attached hydrogens (tertiary/aromatic N) is 2. The second kappa shape index (κ2) is 5.51. The number of H-pyrrole nitrogens is 1. The maximum Gasteiger partial charge on any atom is 0.308 e. The first kappa shape index (κ1) is 15.0. The number of nitrogens with one attached hydrogen (secondary N) is 1. The lowest BCUT2D eigenvalue weighted by molar-refractivity contribution is -0.142. The fraction of sp³-hybridized carbons (Fsp3) is 0.471. The molecule has 0 bridgehead atoms. The van der Waals surface area contributed by atoms with Gasteiger partial charge in [0.25, 0.3) is 5.91 Å². The summed E-state index contributed by atoms with van der Waals surface area (Å²) in [6.07, 6.45) is 2.14. The summed E-state index contributed by atoms with van der Waals surface area (Å²) >= 11 is 0. The van der Waals surface area contributed by atoms with Crippen LogP contribution in [0.1, 0.15) is 29.1 Å². The van der Waals surface area contributed by atoms with E-state index in [1.807, 2.05) is 19.1 Å². The van der Waals surface area contributed by atoms with Crippen LogP contribution in [0.15, 0.2) is 22.6 Å². The van der Waals surface area contributed by atoms with Crippen molar-refractivity contribution in [3.63, 3.8) is 0 Å². The quantitative estimate of drug-likeness (QED) is 0.895. The summed E-state index contributed by atoms with van der Waals surface area (Å²) in [5, 5.41) is 16.3. The van der Waals surface area contributed by atoms with Crippen molar-refractivity contribution in [1.82, 2.24) is 15.1 Å². The van der Waals surface area contributed by atoms with Gasteiger partial charge in [0, 0.05) is 19.2 Å². The lowest BCUT2D eigenvalue weighted by Gasteiger charge is -2.14. The minimum Gasteiger partial charge on any atom is -0.481 e. The molecule has 1 saturated carbocycles. The third-order valence-electron chi connectivity index (χ3n) is 5.00. The van der Waals surface area contributed by atoms with Gasteiger partial charge >= 0.3 is 5.97 Å². The number of aromatic nitrogens is 2. The lowest BCUT2D eigenvalue weighted by atomic mass is 9.92. The summed E-state index contributed by atoms with van der Waals surface area (Å²) in [5.41, 5.74) is 0.929. The predicted molar refractivity (Wildman–Crippen MR) is 84.3 cm³/mol. The summed E-state index contributed by atoms with van der Waals surface area (Å²) in [6, 6.07) is 5.31. The smallest absolute Gasteiger partial charge is 0.308 e. The molecule has 0 aromatic carbocycles. The molecule has 2 fully saturated rings. The van der Waals surface area contributed by atoms with E-state index in [2.05, 4.69) is 10.2 Å². The molecule has 24 heavy (non-hydrogen) atoms. The minimum atomic E-state index is -0.809. The Bertz CT molecular complexity index is 789. The molecular formula is C17H19N3O4. The number of carbonyl (C=O) groups excluding carboxylic acids is 1. The Morgan fingerprint density at radius 2 is 2.12 bits per heavy atom. The van der Waals surface area contributed by atoms with Crippen LogP contribution in [0.3, 0.4) is 0 Å². The number of aromatic amines is 1. The summed E-state index contributed by atoms with van der Waals surface area (Å²) in [5.74, 6) is 0.421. The van der Waals surface area contributed by atoms with E-state index in [0.29, 0.717) is 29.6 Å². The maximum atomic E-state index is 12.7. The monoisotopic (exact) mass is 329 g/mol. The molecule has 2 aliphatic rings. The lowest BCUT2D eigenvalue weighted by Crippen LogP contribution is -2.30. The normalized spacial score (nSPS) is 23.6. The van der Waals surface area contributed by atoms with Gasteiger partial charge in [0.05, 0.1) is 5.92 Å². The molecule has 1 aliphatic carbocycles. The number of carbonyl (C=O) groups is 2. The van der Waals surface area contributed by atoms with E-state index in [9.17, 15) is 14.7 Å². The van der Waals surface area contributed by atoms with Crippen LogP contribution in [-0.2, 0) is 4.79 Å². The average molecular weight is 329 g/mol. The Morgan fingerprint density at radius 3 is 2.75 bits per heavy atom. The number of rotatable bonds is 4. The third kappa shape index (κ3) is 2.60. The molecule has 2 atom stereocenters. The number of amides is 1. The number of carboxylic acid groups (broad SMARTS) is 1. The van der Waals surface area contributed by atoms with Gasteiger partial charge in [-0.3, -0.25) is 14.7 Å². The highest BCUT2D eigenvalue weighted by Crippen LogP contribution is 2.44. The summed E-state index contributed by atoms with van der Waals surface area (Å²) in [4.78, 5) is 25.8. The van der Waals surface area contributed by atoms with Crippen molar-refractivity contribution in [3.05, 3.63) is 29.7 Å². The number of aryl methyl sites for hydroxylation is 1. The van der Waals surface area contributed by atoms with E-state index < -0.39 is 11.9 Å². The summed E-state index contributed by atoms with van der Waals surface area (Å²) < 4.78 is 5.52. The Balaban J connectivity index is 1.52. The molecule has 2 aromatic rings. The van der Waals surface area contributed by atoms with E-state index in [1.54, 1.807) is 11.0 Å². The number of likely N-dealkylation sites (tertiary alicyclic amines) is 1. The number of carboxylic acids is 1. The number of hydrogen-bond donors (Lipinski definition) is 2. The molecule has 4 rings (SSSR count). The molecule has 126 valence electrons. The highest BCUT2D eigenvalue weighted by molar-refractivity contribution is 5.94. The maximum absolute atomic E-state index is 12.7. The molecule has 2 N–H and O–H groups in total.